The molecule has 0 amide bonds. The minimum atomic E-state index is -4.49. The normalized spacial score (nSPS) is 19.9. The molecule has 2 saturated heterocycles. The zero-order valence-electron chi connectivity index (χ0n) is 20.8. The number of likely N-dealkylation sites (tertiary alicyclic amines) is 1. The summed E-state index contributed by atoms with van der Waals surface area (Å²) in [6.07, 6.45) is -1.39. The number of rotatable bonds is 5. The molecule has 0 bridgehead atoms. The minimum Gasteiger partial charge on any atom is -0.487 e. The van der Waals surface area contributed by atoms with Gasteiger partial charge < -0.3 is 15.2 Å². The number of fused-ring (bicyclic) bond motifs is 2. The number of hydrogen-bond acceptors (Lipinski definition) is 7. The molecule has 1 aromatic carbocycles. The van der Waals surface area contributed by atoms with Gasteiger partial charge in [-0.25, -0.2) is 9.37 Å². The Bertz CT molecular complexity index is 1480. The van der Waals surface area contributed by atoms with Gasteiger partial charge in [0.05, 0.1) is 18.7 Å². The number of pyridine rings is 2. The largest absolute Gasteiger partial charge is 0.487 e. The van der Waals surface area contributed by atoms with Gasteiger partial charge in [0.15, 0.2) is 23.0 Å². The summed E-state index contributed by atoms with van der Waals surface area (Å²) in [5.41, 5.74) is 7.20. The van der Waals surface area contributed by atoms with Crippen LogP contribution in [0.4, 0.5) is 17.6 Å². The van der Waals surface area contributed by atoms with Gasteiger partial charge in [0.1, 0.15) is 17.8 Å². The van der Waals surface area contributed by atoms with Crippen LogP contribution in [-0.4, -0.2) is 69.1 Å². The molecule has 3 aromatic heterocycles. The molecular formula is C26H27ClF4N6O2. The van der Waals surface area contributed by atoms with Gasteiger partial charge in [-0.2, -0.15) is 13.2 Å². The molecule has 6 rings (SSSR count). The lowest BCUT2D eigenvalue weighted by Gasteiger charge is -2.30. The van der Waals surface area contributed by atoms with Gasteiger partial charge >= 0.3 is 6.18 Å². The fourth-order valence-corrected chi connectivity index (χ4v) is 5.21. The first-order valence-electron chi connectivity index (χ1n) is 12.5. The van der Waals surface area contributed by atoms with Crippen LogP contribution in [0.1, 0.15) is 30.9 Å². The lowest BCUT2D eigenvalue weighted by atomic mass is 10.1. The summed E-state index contributed by atoms with van der Waals surface area (Å²) in [5.74, 6) is -0.116. The lowest BCUT2D eigenvalue weighted by molar-refractivity contribution is -0.183. The molecule has 0 spiro atoms. The molecule has 208 valence electrons. The van der Waals surface area contributed by atoms with E-state index in [9.17, 15) is 17.6 Å². The Hall–Kier alpha value is -3.06. The second kappa shape index (κ2) is 10.8. The van der Waals surface area contributed by atoms with E-state index >= 15 is 0 Å². The molecule has 13 heteroatoms. The van der Waals surface area contributed by atoms with Gasteiger partial charge in [-0.1, -0.05) is 12.1 Å². The zero-order chi connectivity index (χ0) is 26.4. The second-order valence-electron chi connectivity index (χ2n) is 9.80. The zero-order valence-corrected chi connectivity index (χ0v) is 21.6. The second-order valence-corrected chi connectivity index (χ2v) is 9.80. The molecule has 0 saturated carbocycles. The maximum atomic E-state index is 14.7. The van der Waals surface area contributed by atoms with E-state index in [0.717, 1.165) is 0 Å². The monoisotopic (exact) mass is 566 g/mol. The van der Waals surface area contributed by atoms with Crippen LogP contribution in [0.3, 0.4) is 0 Å². The van der Waals surface area contributed by atoms with Crippen LogP contribution in [0.15, 0.2) is 42.6 Å². The van der Waals surface area contributed by atoms with E-state index < -0.39 is 18.0 Å². The summed E-state index contributed by atoms with van der Waals surface area (Å²) in [7, 11) is 0. The van der Waals surface area contributed by atoms with Crippen LogP contribution in [0.25, 0.3) is 28.1 Å². The third kappa shape index (κ3) is 5.51. The van der Waals surface area contributed by atoms with Gasteiger partial charge in [0.25, 0.3) is 0 Å². The molecule has 0 unspecified atom stereocenters. The summed E-state index contributed by atoms with van der Waals surface area (Å²) in [6, 6.07) is 7.07. The highest BCUT2D eigenvalue weighted by Gasteiger charge is 2.46. The SMILES string of the molecule is Cl.N[C@H]1CCN([C@H](c2ccc3nnc(-c4ccc5cc(F)c(OC6CCOCC6)cc5n4)n3c2)C(F)(F)F)C1. The highest BCUT2D eigenvalue weighted by Crippen LogP contribution is 2.39. The van der Waals surface area contributed by atoms with Crippen molar-refractivity contribution in [3.8, 4) is 17.3 Å². The topological polar surface area (TPSA) is 90.8 Å². The van der Waals surface area contributed by atoms with Crippen LogP contribution in [-0.2, 0) is 4.74 Å². The van der Waals surface area contributed by atoms with E-state index in [1.54, 1.807) is 12.1 Å². The summed E-state index contributed by atoms with van der Waals surface area (Å²) in [5, 5.41) is 8.87. The Morgan fingerprint density at radius 1 is 1.05 bits per heavy atom. The van der Waals surface area contributed by atoms with Crippen LogP contribution in [0, 0.1) is 5.82 Å². The Balaban J connectivity index is 0.00000308. The third-order valence-electron chi connectivity index (χ3n) is 7.11. The molecule has 0 aliphatic carbocycles. The lowest BCUT2D eigenvalue weighted by Crippen LogP contribution is -2.38. The Kier molecular flexibility index (Phi) is 7.64. The van der Waals surface area contributed by atoms with Crippen LogP contribution >= 0.6 is 12.4 Å². The van der Waals surface area contributed by atoms with E-state index in [1.165, 1.54) is 39.8 Å². The average Bonchev–Trinajstić information content (AvgIpc) is 3.50. The minimum absolute atomic E-state index is 0. The van der Waals surface area contributed by atoms with E-state index in [2.05, 4.69) is 15.2 Å². The fourth-order valence-electron chi connectivity index (χ4n) is 5.21. The van der Waals surface area contributed by atoms with Crippen LogP contribution < -0.4 is 10.5 Å². The van der Waals surface area contributed by atoms with Crippen molar-refractivity contribution in [3.05, 3.63) is 54.0 Å². The van der Waals surface area contributed by atoms with Crippen molar-refractivity contribution < 1.29 is 27.0 Å². The quantitative estimate of drug-likeness (QED) is 0.350. The smallest absolute Gasteiger partial charge is 0.408 e. The summed E-state index contributed by atoms with van der Waals surface area (Å²) < 4.78 is 69.9. The number of hydrogen-bond donors (Lipinski definition) is 1. The first kappa shape index (κ1) is 27.5. The van der Waals surface area contributed by atoms with Crippen LogP contribution in [0.5, 0.6) is 5.75 Å². The highest BCUT2D eigenvalue weighted by atomic mass is 35.5. The van der Waals surface area contributed by atoms with Gasteiger partial charge in [-0.3, -0.25) is 9.30 Å². The van der Waals surface area contributed by atoms with E-state index in [-0.39, 0.29) is 54.8 Å². The van der Waals surface area contributed by atoms with E-state index in [0.29, 0.717) is 54.7 Å². The molecule has 5 heterocycles. The highest BCUT2D eigenvalue weighted by molar-refractivity contribution is 5.85. The summed E-state index contributed by atoms with van der Waals surface area (Å²) in [4.78, 5) is 5.99. The fraction of sp³-hybridized carbons (Fsp3) is 0.423. The molecule has 2 aliphatic heterocycles. The molecule has 2 fully saturated rings. The molecular weight excluding hydrogens is 540 g/mol. The maximum Gasteiger partial charge on any atom is 0.408 e. The standard InChI is InChI=1S/C26H26F4N6O2.ClH/c27-19-11-15-1-3-20(32-21(15)12-22(19)38-18-6-9-37-10-7-18)25-34-33-23-4-2-16(13-36(23)25)24(26(28,29)30)35-8-5-17(31)14-35;/h1-4,11-13,17-18,24H,5-10,14,31H2;1H/t17-,24+;/m0./s1. The molecule has 2 N–H and O–H groups in total. The van der Waals surface area contributed by atoms with E-state index in [4.69, 9.17) is 15.2 Å². The Labute approximate surface area is 227 Å². The molecule has 2 atom stereocenters. The number of alkyl halides is 3. The van der Waals surface area contributed by atoms with Crippen molar-refractivity contribution in [1.82, 2.24) is 24.5 Å². The number of nitrogens with zero attached hydrogens (tertiary/aromatic N) is 5. The van der Waals surface area contributed by atoms with Crippen molar-refractivity contribution in [3.63, 3.8) is 0 Å². The van der Waals surface area contributed by atoms with Gasteiger partial charge in [-0.05, 0) is 30.2 Å². The summed E-state index contributed by atoms with van der Waals surface area (Å²) in [6.45, 7) is 1.55. The maximum absolute atomic E-state index is 14.7. The van der Waals surface area contributed by atoms with Crippen molar-refractivity contribution >= 4 is 29.0 Å². The van der Waals surface area contributed by atoms with Crippen molar-refractivity contribution in [2.24, 2.45) is 5.73 Å². The van der Waals surface area contributed by atoms with Gasteiger partial charge in [0.2, 0.25) is 0 Å². The van der Waals surface area contributed by atoms with Crippen molar-refractivity contribution in [1.29, 1.82) is 0 Å². The number of ether oxygens (including phenoxy) is 2. The predicted octanol–water partition coefficient (Wildman–Crippen LogP) is 4.70. The molecule has 4 aromatic rings. The van der Waals surface area contributed by atoms with Gasteiger partial charge in [0, 0.05) is 49.6 Å². The summed E-state index contributed by atoms with van der Waals surface area (Å²) >= 11 is 0. The van der Waals surface area contributed by atoms with Crippen LogP contribution in [0.2, 0.25) is 0 Å². The first-order chi connectivity index (χ1) is 18.3. The molecule has 0 radical (unpaired) electrons. The number of nitrogens with two attached hydrogens (primary N) is 1. The Morgan fingerprint density at radius 3 is 2.56 bits per heavy atom. The van der Waals surface area contributed by atoms with Gasteiger partial charge in [-0.15, -0.1) is 22.6 Å². The first-order valence-corrected chi connectivity index (χ1v) is 12.5. The molecule has 39 heavy (non-hydrogen) atoms. The van der Waals surface area contributed by atoms with E-state index in [1.807, 2.05) is 0 Å². The Morgan fingerprint density at radius 2 is 1.85 bits per heavy atom. The number of benzene rings is 1. The predicted molar refractivity (Wildman–Crippen MR) is 138 cm³/mol. The third-order valence-corrected chi connectivity index (χ3v) is 7.11. The van der Waals surface area contributed by atoms with Crippen molar-refractivity contribution in [2.75, 3.05) is 26.3 Å². The average molecular weight is 567 g/mol. The molecule has 2 aliphatic rings. The molecule has 8 nitrogen and oxygen atoms in total. The van der Waals surface area contributed by atoms with Crippen molar-refractivity contribution in [2.45, 2.75) is 43.6 Å². The number of aromatic nitrogens is 4. The number of halogens is 5.